The van der Waals surface area contributed by atoms with Gasteiger partial charge in [0.2, 0.25) is 11.8 Å². The van der Waals surface area contributed by atoms with Crippen LogP contribution < -0.4 is 10.6 Å². The van der Waals surface area contributed by atoms with Crippen LogP contribution in [0.3, 0.4) is 0 Å². The van der Waals surface area contributed by atoms with Gasteiger partial charge in [0.1, 0.15) is 11.9 Å². The summed E-state index contributed by atoms with van der Waals surface area (Å²) in [6, 6.07) is 2.18. The minimum absolute atomic E-state index is 0.259. The molecule has 1 aliphatic heterocycles. The van der Waals surface area contributed by atoms with Crippen LogP contribution in [0.2, 0.25) is 5.02 Å². The Morgan fingerprint density at radius 1 is 1.35 bits per heavy atom. The maximum Gasteiger partial charge on any atom is 0.249 e. The Kier molecular flexibility index (Phi) is 5.95. The third-order valence-corrected chi connectivity index (χ3v) is 3.13. The molecule has 1 unspecified atom stereocenters. The predicted octanol–water partition coefficient (Wildman–Crippen LogP) is 3.03. The maximum absolute atomic E-state index is 13.4. The number of halogens is 2. The molecule has 1 saturated heterocycles. The molecule has 0 aromatic heterocycles. The topological polar surface area (TPSA) is 58.2 Å². The van der Waals surface area contributed by atoms with Gasteiger partial charge in [-0.25, -0.2) is 4.39 Å². The van der Waals surface area contributed by atoms with E-state index in [0.717, 1.165) is 0 Å². The number of piperidine rings is 1. The van der Waals surface area contributed by atoms with E-state index < -0.39 is 17.8 Å². The lowest BCUT2D eigenvalue weighted by Gasteiger charge is -2.23. The summed E-state index contributed by atoms with van der Waals surface area (Å²) in [6.45, 7) is 5.61. The number of anilines is 1. The molecule has 20 heavy (non-hydrogen) atoms. The van der Waals surface area contributed by atoms with Gasteiger partial charge in [-0.05, 0) is 31.0 Å². The molecule has 0 aliphatic carbocycles. The molecule has 110 valence electrons. The van der Waals surface area contributed by atoms with Gasteiger partial charge in [-0.2, -0.15) is 0 Å². The highest BCUT2D eigenvalue weighted by Crippen LogP contribution is 2.26. The SMILES string of the molecule is CC.Cc1cc(Cl)c(NC2CCC(=O)NC2=O)cc1F. The van der Waals surface area contributed by atoms with Crippen LogP contribution >= 0.6 is 11.6 Å². The van der Waals surface area contributed by atoms with E-state index in [1.54, 1.807) is 6.92 Å². The number of amides is 2. The van der Waals surface area contributed by atoms with E-state index in [9.17, 15) is 14.0 Å². The predicted molar refractivity (Wildman–Crippen MR) is 77.3 cm³/mol. The Hall–Kier alpha value is -1.62. The molecule has 0 bridgehead atoms. The van der Waals surface area contributed by atoms with E-state index in [2.05, 4.69) is 10.6 Å². The van der Waals surface area contributed by atoms with E-state index in [4.69, 9.17) is 11.6 Å². The van der Waals surface area contributed by atoms with Gasteiger partial charge in [0.15, 0.2) is 0 Å². The number of carbonyl (C=O) groups is 2. The van der Waals surface area contributed by atoms with Crippen LogP contribution in [0.25, 0.3) is 0 Å². The van der Waals surface area contributed by atoms with Crippen molar-refractivity contribution in [2.24, 2.45) is 0 Å². The number of imide groups is 1. The third-order valence-electron chi connectivity index (χ3n) is 2.82. The van der Waals surface area contributed by atoms with Crippen molar-refractivity contribution < 1.29 is 14.0 Å². The van der Waals surface area contributed by atoms with E-state index >= 15 is 0 Å². The van der Waals surface area contributed by atoms with Crippen LogP contribution in [-0.4, -0.2) is 17.9 Å². The van der Waals surface area contributed by atoms with Crippen molar-refractivity contribution in [3.63, 3.8) is 0 Å². The third kappa shape index (κ3) is 3.93. The van der Waals surface area contributed by atoms with Crippen molar-refractivity contribution in [2.45, 2.75) is 39.7 Å². The summed E-state index contributed by atoms with van der Waals surface area (Å²) in [5.41, 5.74) is 0.795. The van der Waals surface area contributed by atoms with E-state index in [1.807, 2.05) is 13.8 Å². The van der Waals surface area contributed by atoms with Crippen molar-refractivity contribution >= 4 is 29.1 Å². The summed E-state index contributed by atoms with van der Waals surface area (Å²) in [6.07, 6.45) is 0.631. The lowest BCUT2D eigenvalue weighted by atomic mass is 10.1. The van der Waals surface area contributed by atoms with Crippen LogP contribution in [0, 0.1) is 12.7 Å². The summed E-state index contributed by atoms with van der Waals surface area (Å²) in [7, 11) is 0. The van der Waals surface area contributed by atoms with Gasteiger partial charge in [-0.15, -0.1) is 0 Å². The number of hydrogen-bond donors (Lipinski definition) is 2. The van der Waals surface area contributed by atoms with E-state index in [-0.39, 0.29) is 12.3 Å². The second kappa shape index (κ2) is 7.24. The zero-order valence-electron chi connectivity index (χ0n) is 11.7. The molecular formula is C14H18ClFN2O2. The molecule has 2 amide bonds. The van der Waals surface area contributed by atoms with Crippen molar-refractivity contribution in [1.82, 2.24) is 5.32 Å². The molecule has 1 atom stereocenters. The minimum Gasteiger partial charge on any atom is -0.372 e. The lowest BCUT2D eigenvalue weighted by Crippen LogP contribution is -2.47. The lowest BCUT2D eigenvalue weighted by molar-refractivity contribution is -0.133. The Morgan fingerprint density at radius 2 is 2.00 bits per heavy atom. The Morgan fingerprint density at radius 3 is 2.60 bits per heavy atom. The molecule has 2 rings (SSSR count). The van der Waals surface area contributed by atoms with Gasteiger partial charge in [0.25, 0.3) is 0 Å². The second-order valence-corrected chi connectivity index (χ2v) is 4.64. The van der Waals surface area contributed by atoms with Gasteiger partial charge in [0, 0.05) is 6.42 Å². The van der Waals surface area contributed by atoms with Crippen molar-refractivity contribution in [2.75, 3.05) is 5.32 Å². The number of benzene rings is 1. The summed E-state index contributed by atoms with van der Waals surface area (Å²) in [5, 5.41) is 5.42. The Labute approximate surface area is 122 Å². The zero-order valence-corrected chi connectivity index (χ0v) is 12.5. The Bertz CT molecular complexity index is 520. The van der Waals surface area contributed by atoms with Crippen LogP contribution in [0.5, 0.6) is 0 Å². The van der Waals surface area contributed by atoms with Gasteiger partial charge < -0.3 is 5.32 Å². The van der Waals surface area contributed by atoms with Crippen LogP contribution in [0.15, 0.2) is 12.1 Å². The van der Waals surface area contributed by atoms with Crippen molar-refractivity contribution in [1.29, 1.82) is 0 Å². The molecule has 0 spiro atoms. The van der Waals surface area contributed by atoms with Gasteiger partial charge >= 0.3 is 0 Å². The molecule has 0 saturated carbocycles. The summed E-state index contributed by atoms with van der Waals surface area (Å²) < 4.78 is 13.4. The molecule has 1 heterocycles. The molecular weight excluding hydrogens is 283 g/mol. The average molecular weight is 301 g/mol. The first-order valence-corrected chi connectivity index (χ1v) is 6.91. The minimum atomic E-state index is -0.567. The molecule has 4 nitrogen and oxygen atoms in total. The average Bonchev–Trinajstić information content (AvgIpc) is 2.41. The van der Waals surface area contributed by atoms with Gasteiger partial charge in [-0.1, -0.05) is 25.4 Å². The highest BCUT2D eigenvalue weighted by atomic mass is 35.5. The van der Waals surface area contributed by atoms with Crippen molar-refractivity contribution in [3.8, 4) is 0 Å². The zero-order chi connectivity index (χ0) is 15.3. The maximum atomic E-state index is 13.4. The number of carbonyl (C=O) groups excluding carboxylic acids is 2. The molecule has 1 aromatic carbocycles. The first kappa shape index (κ1) is 16.4. The van der Waals surface area contributed by atoms with Crippen LogP contribution in [0.4, 0.5) is 10.1 Å². The highest BCUT2D eigenvalue weighted by molar-refractivity contribution is 6.33. The van der Waals surface area contributed by atoms with Gasteiger partial charge in [0.05, 0.1) is 10.7 Å². The fraction of sp³-hybridized carbons (Fsp3) is 0.429. The standard InChI is InChI=1S/C12H12ClFN2O2.C2H6/c1-6-4-7(13)10(5-8(6)14)15-9-2-3-11(17)16-12(9)18;1-2/h4-5,9,15H,2-3H2,1H3,(H,16,17,18);1-2H3. The summed E-state index contributed by atoms with van der Waals surface area (Å²) >= 11 is 5.97. The van der Waals surface area contributed by atoms with Crippen molar-refractivity contribution in [3.05, 3.63) is 28.5 Å². The molecule has 1 aromatic rings. The first-order valence-electron chi connectivity index (χ1n) is 6.53. The first-order chi connectivity index (χ1) is 9.47. The molecule has 6 heteroatoms. The summed E-state index contributed by atoms with van der Waals surface area (Å²) in [5.74, 6) is -1.10. The molecule has 1 fully saturated rings. The van der Waals surface area contributed by atoms with E-state index in [0.29, 0.717) is 22.7 Å². The fourth-order valence-electron chi connectivity index (χ4n) is 1.78. The normalized spacial score (nSPS) is 17.9. The van der Waals surface area contributed by atoms with E-state index in [1.165, 1.54) is 12.1 Å². The van der Waals surface area contributed by atoms with Crippen LogP contribution in [0.1, 0.15) is 32.3 Å². The van der Waals surface area contributed by atoms with Crippen LogP contribution in [-0.2, 0) is 9.59 Å². The smallest absolute Gasteiger partial charge is 0.249 e. The van der Waals surface area contributed by atoms with Gasteiger partial charge in [-0.3, -0.25) is 14.9 Å². The Balaban J connectivity index is 0.000000956. The molecule has 1 aliphatic rings. The quantitative estimate of drug-likeness (QED) is 0.825. The second-order valence-electron chi connectivity index (χ2n) is 4.23. The highest BCUT2D eigenvalue weighted by Gasteiger charge is 2.26. The fourth-order valence-corrected chi connectivity index (χ4v) is 2.05. The molecule has 0 radical (unpaired) electrons. The molecule has 2 N–H and O–H groups in total. The number of nitrogens with one attached hydrogen (secondary N) is 2. The number of aryl methyl sites for hydroxylation is 1. The monoisotopic (exact) mass is 300 g/mol. The largest absolute Gasteiger partial charge is 0.372 e. The number of rotatable bonds is 2. The summed E-state index contributed by atoms with van der Waals surface area (Å²) in [4.78, 5) is 22.5. The number of hydrogen-bond acceptors (Lipinski definition) is 3.